The van der Waals surface area contributed by atoms with Crippen LogP contribution in [0.25, 0.3) is 0 Å². The van der Waals surface area contributed by atoms with Gasteiger partial charge in [0, 0.05) is 13.1 Å². The van der Waals surface area contributed by atoms with Crippen LogP contribution in [0.2, 0.25) is 0 Å². The molecule has 0 saturated carbocycles. The summed E-state index contributed by atoms with van der Waals surface area (Å²) in [5.41, 5.74) is 3.95. The molecule has 2 aromatic rings. The van der Waals surface area contributed by atoms with Crippen LogP contribution in [0, 0.1) is 0 Å². The van der Waals surface area contributed by atoms with E-state index in [-0.39, 0.29) is 0 Å². The molecule has 3 nitrogen and oxygen atoms in total. The van der Waals surface area contributed by atoms with Crippen molar-refractivity contribution >= 4 is 0 Å². The van der Waals surface area contributed by atoms with Gasteiger partial charge in [0.2, 0.25) is 0 Å². The third kappa shape index (κ3) is 2.56. The van der Waals surface area contributed by atoms with Crippen LogP contribution in [0.1, 0.15) is 16.7 Å². The Bertz CT molecular complexity index is 581. The molecule has 0 bridgehead atoms. The Hall–Kier alpha value is -2.00. The Morgan fingerprint density at radius 1 is 1.00 bits per heavy atom. The van der Waals surface area contributed by atoms with E-state index in [1.807, 2.05) is 24.3 Å². The SMILES string of the molecule is COc1ccccc1OCc1ccc2c(c1)CNC2. The van der Waals surface area contributed by atoms with Crippen LogP contribution in [0.15, 0.2) is 42.5 Å². The van der Waals surface area contributed by atoms with Gasteiger partial charge in [-0.05, 0) is 28.8 Å². The first-order valence-corrected chi connectivity index (χ1v) is 6.44. The molecule has 0 unspecified atom stereocenters. The molecule has 98 valence electrons. The van der Waals surface area contributed by atoms with Gasteiger partial charge in [-0.3, -0.25) is 0 Å². The molecule has 0 saturated heterocycles. The summed E-state index contributed by atoms with van der Waals surface area (Å²) in [5.74, 6) is 1.55. The van der Waals surface area contributed by atoms with Gasteiger partial charge < -0.3 is 14.8 Å². The van der Waals surface area contributed by atoms with E-state index in [1.165, 1.54) is 16.7 Å². The van der Waals surface area contributed by atoms with Crippen molar-refractivity contribution in [2.24, 2.45) is 0 Å². The van der Waals surface area contributed by atoms with Gasteiger partial charge in [0.05, 0.1) is 7.11 Å². The van der Waals surface area contributed by atoms with Crippen LogP contribution >= 0.6 is 0 Å². The summed E-state index contributed by atoms with van der Waals surface area (Å²) < 4.78 is 11.1. The van der Waals surface area contributed by atoms with E-state index in [0.29, 0.717) is 6.61 Å². The number of nitrogens with one attached hydrogen (secondary N) is 1. The maximum atomic E-state index is 5.83. The van der Waals surface area contributed by atoms with Crippen molar-refractivity contribution < 1.29 is 9.47 Å². The molecular formula is C16H17NO2. The molecule has 0 atom stereocenters. The lowest BCUT2D eigenvalue weighted by Crippen LogP contribution is -2.00. The number of fused-ring (bicyclic) bond motifs is 1. The van der Waals surface area contributed by atoms with Crippen molar-refractivity contribution in [1.82, 2.24) is 5.32 Å². The molecule has 19 heavy (non-hydrogen) atoms. The molecule has 1 N–H and O–H groups in total. The predicted octanol–water partition coefficient (Wildman–Crippen LogP) is 2.88. The fourth-order valence-corrected chi connectivity index (χ4v) is 2.34. The van der Waals surface area contributed by atoms with Crippen LogP contribution in [0.3, 0.4) is 0 Å². The van der Waals surface area contributed by atoms with E-state index in [4.69, 9.17) is 9.47 Å². The van der Waals surface area contributed by atoms with Crippen LogP contribution in [0.5, 0.6) is 11.5 Å². The molecule has 1 heterocycles. The quantitative estimate of drug-likeness (QED) is 0.911. The first-order valence-electron chi connectivity index (χ1n) is 6.44. The zero-order chi connectivity index (χ0) is 13.1. The summed E-state index contributed by atoms with van der Waals surface area (Å²) in [7, 11) is 1.66. The van der Waals surface area contributed by atoms with Gasteiger partial charge in [-0.25, -0.2) is 0 Å². The number of rotatable bonds is 4. The Kier molecular flexibility index (Phi) is 3.38. The highest BCUT2D eigenvalue weighted by atomic mass is 16.5. The first-order chi connectivity index (χ1) is 9.36. The third-order valence-electron chi connectivity index (χ3n) is 3.36. The monoisotopic (exact) mass is 255 g/mol. The number of methoxy groups -OCH3 is 1. The largest absolute Gasteiger partial charge is 0.493 e. The van der Waals surface area contributed by atoms with E-state index < -0.39 is 0 Å². The molecule has 3 heteroatoms. The zero-order valence-corrected chi connectivity index (χ0v) is 11.0. The van der Waals surface area contributed by atoms with E-state index in [1.54, 1.807) is 7.11 Å². The van der Waals surface area contributed by atoms with Crippen LogP contribution in [-0.4, -0.2) is 7.11 Å². The minimum atomic E-state index is 0.563. The molecule has 0 aliphatic carbocycles. The van der Waals surface area contributed by atoms with Crippen molar-refractivity contribution in [3.8, 4) is 11.5 Å². The van der Waals surface area contributed by atoms with Gasteiger partial charge in [-0.2, -0.15) is 0 Å². The van der Waals surface area contributed by atoms with Crippen molar-refractivity contribution in [2.75, 3.05) is 7.11 Å². The summed E-state index contributed by atoms with van der Waals surface area (Å²) in [4.78, 5) is 0. The minimum Gasteiger partial charge on any atom is -0.493 e. The fraction of sp³-hybridized carbons (Fsp3) is 0.250. The predicted molar refractivity (Wildman–Crippen MR) is 74.3 cm³/mol. The van der Waals surface area contributed by atoms with E-state index in [0.717, 1.165) is 24.6 Å². The number of benzene rings is 2. The maximum absolute atomic E-state index is 5.83. The molecule has 2 aromatic carbocycles. The van der Waals surface area contributed by atoms with Gasteiger partial charge in [0.25, 0.3) is 0 Å². The zero-order valence-electron chi connectivity index (χ0n) is 11.0. The topological polar surface area (TPSA) is 30.5 Å². The average molecular weight is 255 g/mol. The van der Waals surface area contributed by atoms with Gasteiger partial charge in [-0.1, -0.05) is 30.3 Å². The molecule has 0 fully saturated rings. The maximum Gasteiger partial charge on any atom is 0.161 e. The molecule has 1 aliphatic heterocycles. The second-order valence-electron chi connectivity index (χ2n) is 4.65. The van der Waals surface area contributed by atoms with Gasteiger partial charge in [-0.15, -0.1) is 0 Å². The average Bonchev–Trinajstić information content (AvgIpc) is 2.93. The Morgan fingerprint density at radius 2 is 1.79 bits per heavy atom. The third-order valence-corrected chi connectivity index (χ3v) is 3.36. The van der Waals surface area contributed by atoms with E-state index >= 15 is 0 Å². The summed E-state index contributed by atoms with van der Waals surface area (Å²) in [5, 5.41) is 3.35. The Balaban J connectivity index is 1.72. The molecule has 0 aromatic heterocycles. The summed E-state index contributed by atoms with van der Waals surface area (Å²) >= 11 is 0. The van der Waals surface area contributed by atoms with Gasteiger partial charge in [0.15, 0.2) is 11.5 Å². The highest BCUT2D eigenvalue weighted by molar-refractivity contribution is 5.40. The Labute approximate surface area is 113 Å². The number of hydrogen-bond donors (Lipinski definition) is 1. The second-order valence-corrected chi connectivity index (χ2v) is 4.65. The lowest BCUT2D eigenvalue weighted by Gasteiger charge is -2.11. The van der Waals surface area contributed by atoms with Crippen molar-refractivity contribution in [3.63, 3.8) is 0 Å². The van der Waals surface area contributed by atoms with Crippen LogP contribution < -0.4 is 14.8 Å². The number of para-hydroxylation sites is 2. The molecule has 0 spiro atoms. The number of hydrogen-bond acceptors (Lipinski definition) is 3. The minimum absolute atomic E-state index is 0.563. The highest BCUT2D eigenvalue weighted by Crippen LogP contribution is 2.27. The van der Waals surface area contributed by atoms with Crippen LogP contribution in [-0.2, 0) is 19.7 Å². The lowest BCUT2D eigenvalue weighted by molar-refractivity contribution is 0.284. The fourth-order valence-electron chi connectivity index (χ4n) is 2.34. The summed E-state index contributed by atoms with van der Waals surface area (Å²) in [6, 6.07) is 14.2. The smallest absolute Gasteiger partial charge is 0.161 e. The van der Waals surface area contributed by atoms with Crippen molar-refractivity contribution in [3.05, 3.63) is 59.2 Å². The van der Waals surface area contributed by atoms with Gasteiger partial charge in [0.1, 0.15) is 6.61 Å². The van der Waals surface area contributed by atoms with E-state index in [2.05, 4.69) is 23.5 Å². The van der Waals surface area contributed by atoms with Crippen LogP contribution in [0.4, 0.5) is 0 Å². The summed E-state index contributed by atoms with van der Waals surface area (Å²) in [6.07, 6.45) is 0. The molecule has 0 radical (unpaired) electrons. The molecule has 3 rings (SSSR count). The lowest BCUT2D eigenvalue weighted by atomic mass is 10.1. The molecule has 0 amide bonds. The molecule has 1 aliphatic rings. The van der Waals surface area contributed by atoms with Gasteiger partial charge >= 0.3 is 0 Å². The number of ether oxygens (including phenoxy) is 2. The van der Waals surface area contributed by atoms with E-state index in [9.17, 15) is 0 Å². The highest BCUT2D eigenvalue weighted by Gasteiger charge is 2.10. The standard InChI is InChI=1S/C16H17NO2/c1-18-15-4-2-3-5-16(15)19-11-12-6-7-13-9-17-10-14(13)8-12/h2-8,17H,9-11H2,1H3. The molecular weight excluding hydrogens is 238 g/mol. The normalized spacial score (nSPS) is 13.1. The summed E-state index contributed by atoms with van der Waals surface area (Å²) in [6.45, 7) is 2.49. The Morgan fingerprint density at radius 3 is 2.63 bits per heavy atom. The first kappa shape index (κ1) is 12.1. The van der Waals surface area contributed by atoms with Crippen molar-refractivity contribution in [1.29, 1.82) is 0 Å². The van der Waals surface area contributed by atoms with Crippen molar-refractivity contribution in [2.45, 2.75) is 19.7 Å². The second kappa shape index (κ2) is 5.33.